The van der Waals surface area contributed by atoms with E-state index in [0.29, 0.717) is 0 Å². The molecule has 0 bridgehead atoms. The molecule has 0 saturated carbocycles. The fraction of sp³-hybridized carbons (Fsp3) is 0.583. The summed E-state index contributed by atoms with van der Waals surface area (Å²) < 4.78 is 0. The minimum absolute atomic E-state index is 0.965. The van der Waals surface area contributed by atoms with Crippen LogP contribution in [0.3, 0.4) is 0 Å². The first kappa shape index (κ1) is 11.0. The molecule has 0 aromatic carbocycles. The van der Waals surface area contributed by atoms with Crippen LogP contribution in [-0.2, 0) is 0 Å². The van der Waals surface area contributed by atoms with E-state index in [1.807, 2.05) is 12.3 Å². The van der Waals surface area contributed by atoms with Crippen molar-refractivity contribution in [3.63, 3.8) is 0 Å². The van der Waals surface area contributed by atoms with Crippen molar-refractivity contribution in [3.05, 3.63) is 24.4 Å². The van der Waals surface area contributed by atoms with Crippen molar-refractivity contribution in [2.45, 2.75) is 33.1 Å². The van der Waals surface area contributed by atoms with Gasteiger partial charge in [0.2, 0.25) is 0 Å². The Morgan fingerprint density at radius 2 is 1.93 bits per heavy atom. The monoisotopic (exact) mass is 192 g/mol. The van der Waals surface area contributed by atoms with Gasteiger partial charge in [-0.1, -0.05) is 26.0 Å². The lowest BCUT2D eigenvalue weighted by Crippen LogP contribution is -2.31. The van der Waals surface area contributed by atoms with Crippen LogP contribution in [0, 0.1) is 0 Å². The lowest BCUT2D eigenvalue weighted by molar-refractivity contribution is 0.411. The molecule has 0 atom stereocenters. The van der Waals surface area contributed by atoms with Crippen LogP contribution in [0.1, 0.15) is 33.1 Å². The Bertz CT molecular complexity index is 233. The minimum Gasteiger partial charge on any atom is -0.360 e. The predicted molar refractivity (Wildman–Crippen MR) is 62.5 cm³/mol. The highest BCUT2D eigenvalue weighted by Crippen LogP contribution is 2.04. The zero-order chi connectivity index (χ0) is 10.2. The van der Waals surface area contributed by atoms with Gasteiger partial charge in [-0.2, -0.15) is 0 Å². The molecule has 0 aliphatic carbocycles. The second kappa shape index (κ2) is 6.41. The molecule has 0 unspecified atom stereocenters. The SMILES string of the molecule is CCCN(CCC)C1=NC=CC=CC1. The van der Waals surface area contributed by atoms with Crippen molar-refractivity contribution in [3.8, 4) is 0 Å². The quantitative estimate of drug-likeness (QED) is 0.668. The summed E-state index contributed by atoms with van der Waals surface area (Å²) in [7, 11) is 0. The van der Waals surface area contributed by atoms with E-state index in [1.54, 1.807) is 0 Å². The zero-order valence-electron chi connectivity index (χ0n) is 9.24. The van der Waals surface area contributed by atoms with E-state index in [9.17, 15) is 0 Å². The van der Waals surface area contributed by atoms with Crippen LogP contribution in [0.5, 0.6) is 0 Å². The third-order valence-electron chi connectivity index (χ3n) is 2.21. The largest absolute Gasteiger partial charge is 0.360 e. The third kappa shape index (κ3) is 3.36. The topological polar surface area (TPSA) is 15.6 Å². The van der Waals surface area contributed by atoms with Crippen LogP contribution >= 0.6 is 0 Å². The van der Waals surface area contributed by atoms with Crippen LogP contribution < -0.4 is 0 Å². The van der Waals surface area contributed by atoms with Crippen LogP contribution in [-0.4, -0.2) is 23.8 Å². The molecule has 0 aromatic rings. The fourth-order valence-electron chi connectivity index (χ4n) is 1.60. The van der Waals surface area contributed by atoms with Crippen molar-refractivity contribution >= 4 is 5.84 Å². The Morgan fingerprint density at radius 1 is 1.21 bits per heavy atom. The van der Waals surface area contributed by atoms with Gasteiger partial charge in [0.05, 0.1) is 0 Å². The number of amidine groups is 1. The predicted octanol–water partition coefficient (Wildman–Crippen LogP) is 2.98. The van der Waals surface area contributed by atoms with Crippen LogP contribution in [0.15, 0.2) is 29.4 Å². The third-order valence-corrected chi connectivity index (χ3v) is 2.21. The molecule has 0 fully saturated rings. The summed E-state index contributed by atoms with van der Waals surface area (Å²) in [4.78, 5) is 6.85. The molecular formula is C12H20N2. The summed E-state index contributed by atoms with van der Waals surface area (Å²) in [5.74, 6) is 1.21. The van der Waals surface area contributed by atoms with Crippen molar-refractivity contribution in [1.82, 2.24) is 4.90 Å². The van der Waals surface area contributed by atoms with Crippen LogP contribution in [0.25, 0.3) is 0 Å². The Hall–Kier alpha value is -1.05. The maximum atomic E-state index is 4.46. The van der Waals surface area contributed by atoms with Crippen molar-refractivity contribution in [1.29, 1.82) is 0 Å². The van der Waals surface area contributed by atoms with E-state index in [0.717, 1.165) is 19.5 Å². The second-order valence-electron chi connectivity index (χ2n) is 3.51. The summed E-state index contributed by atoms with van der Waals surface area (Å²) in [5, 5.41) is 0. The molecule has 0 aromatic heterocycles. The van der Waals surface area contributed by atoms with E-state index >= 15 is 0 Å². The minimum atomic E-state index is 0.965. The first-order valence-electron chi connectivity index (χ1n) is 5.51. The highest BCUT2D eigenvalue weighted by molar-refractivity contribution is 5.84. The second-order valence-corrected chi connectivity index (χ2v) is 3.51. The van der Waals surface area contributed by atoms with Gasteiger partial charge in [-0.25, -0.2) is 4.99 Å². The number of hydrogen-bond acceptors (Lipinski definition) is 2. The van der Waals surface area contributed by atoms with Gasteiger partial charge < -0.3 is 4.90 Å². The van der Waals surface area contributed by atoms with E-state index in [4.69, 9.17) is 0 Å². The molecule has 1 heterocycles. The molecule has 1 aliphatic rings. The summed E-state index contributed by atoms with van der Waals surface area (Å²) in [6.07, 6.45) is 11.4. The number of aliphatic imine (C=N–C) groups is 1. The van der Waals surface area contributed by atoms with Crippen molar-refractivity contribution in [2.75, 3.05) is 13.1 Å². The molecule has 1 rings (SSSR count). The number of rotatable bonds is 4. The van der Waals surface area contributed by atoms with E-state index < -0.39 is 0 Å². The number of nitrogens with zero attached hydrogens (tertiary/aromatic N) is 2. The molecule has 1 aliphatic heterocycles. The lowest BCUT2D eigenvalue weighted by Gasteiger charge is -2.24. The zero-order valence-corrected chi connectivity index (χ0v) is 9.24. The molecule has 0 amide bonds. The van der Waals surface area contributed by atoms with Crippen LogP contribution in [0.2, 0.25) is 0 Å². The highest BCUT2D eigenvalue weighted by Gasteiger charge is 2.07. The van der Waals surface area contributed by atoms with Gasteiger partial charge in [0, 0.05) is 25.7 Å². The summed E-state index contributed by atoms with van der Waals surface area (Å²) >= 11 is 0. The Kier molecular flexibility index (Phi) is 5.05. The molecular weight excluding hydrogens is 172 g/mol. The van der Waals surface area contributed by atoms with E-state index in [1.165, 1.54) is 18.7 Å². The molecule has 14 heavy (non-hydrogen) atoms. The molecule has 0 radical (unpaired) electrons. The average Bonchev–Trinajstić information content (AvgIpc) is 2.45. The molecule has 2 nitrogen and oxygen atoms in total. The van der Waals surface area contributed by atoms with Crippen molar-refractivity contribution in [2.24, 2.45) is 4.99 Å². The Morgan fingerprint density at radius 3 is 2.57 bits per heavy atom. The first-order chi connectivity index (χ1) is 6.88. The van der Waals surface area contributed by atoms with Gasteiger partial charge in [-0.15, -0.1) is 0 Å². The van der Waals surface area contributed by atoms with Crippen LogP contribution in [0.4, 0.5) is 0 Å². The van der Waals surface area contributed by atoms with Gasteiger partial charge in [-0.3, -0.25) is 0 Å². The molecule has 0 saturated heterocycles. The highest BCUT2D eigenvalue weighted by atomic mass is 15.2. The van der Waals surface area contributed by atoms with Gasteiger partial charge in [0.15, 0.2) is 0 Å². The lowest BCUT2D eigenvalue weighted by atomic mass is 10.3. The fourth-order valence-corrected chi connectivity index (χ4v) is 1.60. The van der Waals surface area contributed by atoms with Gasteiger partial charge in [-0.05, 0) is 18.9 Å². The molecule has 0 N–H and O–H groups in total. The number of hydrogen-bond donors (Lipinski definition) is 0. The van der Waals surface area contributed by atoms with Gasteiger partial charge in [0.25, 0.3) is 0 Å². The maximum Gasteiger partial charge on any atom is 0.108 e. The van der Waals surface area contributed by atoms with Gasteiger partial charge >= 0.3 is 0 Å². The Labute approximate surface area is 87.0 Å². The standard InChI is InChI=1S/C12H20N2/c1-3-10-14(11-4-2)12-8-6-5-7-9-13-12/h5-7,9H,3-4,8,10-11H2,1-2H3. The molecule has 2 heteroatoms. The average molecular weight is 192 g/mol. The molecule has 0 spiro atoms. The van der Waals surface area contributed by atoms with E-state index in [-0.39, 0.29) is 0 Å². The summed E-state index contributed by atoms with van der Waals surface area (Å²) in [5.41, 5.74) is 0. The van der Waals surface area contributed by atoms with E-state index in [2.05, 4.69) is 35.9 Å². The maximum absolute atomic E-state index is 4.46. The molecule has 78 valence electrons. The summed E-state index contributed by atoms with van der Waals surface area (Å²) in [6.45, 7) is 6.67. The Balaban J connectivity index is 2.61. The van der Waals surface area contributed by atoms with Gasteiger partial charge in [0.1, 0.15) is 5.84 Å². The first-order valence-corrected chi connectivity index (χ1v) is 5.51. The summed E-state index contributed by atoms with van der Waals surface area (Å²) in [6, 6.07) is 0. The number of allylic oxidation sites excluding steroid dienone is 2. The van der Waals surface area contributed by atoms with Crippen molar-refractivity contribution < 1.29 is 0 Å². The normalized spacial score (nSPS) is 15.1. The smallest absolute Gasteiger partial charge is 0.108 e.